The summed E-state index contributed by atoms with van der Waals surface area (Å²) in [5, 5.41) is 0. The summed E-state index contributed by atoms with van der Waals surface area (Å²) in [6.45, 7) is 0.292. The van der Waals surface area contributed by atoms with Crippen LogP contribution in [-0.4, -0.2) is 35.1 Å². The quantitative estimate of drug-likeness (QED) is 0.789. The predicted octanol–water partition coefficient (Wildman–Crippen LogP) is 0.274. The van der Waals surface area contributed by atoms with E-state index in [-0.39, 0.29) is 24.5 Å². The molecule has 0 bridgehead atoms. The first kappa shape index (κ1) is 13.3. The second-order valence-electron chi connectivity index (χ2n) is 4.59. The van der Waals surface area contributed by atoms with Gasteiger partial charge in [0.15, 0.2) is 11.8 Å². The zero-order valence-electron chi connectivity index (χ0n) is 10.5. The maximum atomic E-state index is 12.0. The standard InChI is InChI=1S/C14H16N2O3/c15-14(19)13-11(17)8-9-16(13)12(18)7-6-10-4-2-1-3-5-10/h1-5,13H,6-9H2,(H2,15,19). The van der Waals surface area contributed by atoms with Crippen LogP contribution in [0.25, 0.3) is 0 Å². The van der Waals surface area contributed by atoms with Crippen molar-refractivity contribution in [2.24, 2.45) is 5.73 Å². The Balaban J connectivity index is 1.96. The summed E-state index contributed by atoms with van der Waals surface area (Å²) in [7, 11) is 0. The highest BCUT2D eigenvalue weighted by Gasteiger charge is 2.39. The van der Waals surface area contributed by atoms with E-state index in [4.69, 9.17) is 5.73 Å². The fraction of sp³-hybridized carbons (Fsp3) is 0.357. The van der Waals surface area contributed by atoms with Gasteiger partial charge in [-0.3, -0.25) is 14.4 Å². The maximum absolute atomic E-state index is 12.0. The van der Waals surface area contributed by atoms with Gasteiger partial charge in [-0.15, -0.1) is 0 Å². The number of ketones is 1. The average molecular weight is 260 g/mol. The number of likely N-dealkylation sites (tertiary alicyclic amines) is 1. The Kier molecular flexibility index (Phi) is 3.94. The maximum Gasteiger partial charge on any atom is 0.247 e. The lowest BCUT2D eigenvalue weighted by Crippen LogP contribution is -2.46. The molecule has 1 atom stereocenters. The van der Waals surface area contributed by atoms with E-state index < -0.39 is 11.9 Å². The van der Waals surface area contributed by atoms with Gasteiger partial charge in [0.05, 0.1) is 0 Å². The Bertz CT molecular complexity index is 499. The molecule has 0 radical (unpaired) electrons. The van der Waals surface area contributed by atoms with E-state index in [2.05, 4.69) is 0 Å². The normalized spacial score (nSPS) is 18.6. The molecule has 19 heavy (non-hydrogen) atoms. The number of nitrogens with two attached hydrogens (primary N) is 1. The van der Waals surface area contributed by atoms with Crippen molar-refractivity contribution >= 4 is 17.6 Å². The Labute approximate surface area is 111 Å². The topological polar surface area (TPSA) is 80.5 Å². The molecule has 100 valence electrons. The molecule has 5 nitrogen and oxygen atoms in total. The number of hydrogen-bond acceptors (Lipinski definition) is 3. The number of Topliss-reactive ketones (excluding diaryl/α,β-unsaturated/α-hetero) is 1. The molecule has 2 amide bonds. The summed E-state index contributed by atoms with van der Waals surface area (Å²) in [6.07, 6.45) is 1.08. The van der Waals surface area contributed by atoms with Gasteiger partial charge in [0, 0.05) is 19.4 Å². The molecule has 2 rings (SSSR count). The largest absolute Gasteiger partial charge is 0.367 e. The molecule has 0 aromatic heterocycles. The fourth-order valence-corrected chi connectivity index (χ4v) is 2.29. The Hall–Kier alpha value is -2.17. The highest BCUT2D eigenvalue weighted by molar-refractivity contribution is 6.09. The summed E-state index contributed by atoms with van der Waals surface area (Å²) < 4.78 is 0. The summed E-state index contributed by atoms with van der Waals surface area (Å²) in [6, 6.07) is 8.54. The van der Waals surface area contributed by atoms with Crippen molar-refractivity contribution in [1.82, 2.24) is 4.90 Å². The first-order valence-electron chi connectivity index (χ1n) is 6.25. The van der Waals surface area contributed by atoms with Crippen LogP contribution in [0, 0.1) is 0 Å². The fourth-order valence-electron chi connectivity index (χ4n) is 2.29. The van der Waals surface area contributed by atoms with Crippen molar-refractivity contribution in [1.29, 1.82) is 0 Å². The minimum atomic E-state index is -1.07. The van der Waals surface area contributed by atoms with Crippen LogP contribution in [0.3, 0.4) is 0 Å². The van der Waals surface area contributed by atoms with Crippen LogP contribution in [0.5, 0.6) is 0 Å². The smallest absolute Gasteiger partial charge is 0.247 e. The molecule has 2 N–H and O–H groups in total. The summed E-state index contributed by atoms with van der Waals surface area (Å²) >= 11 is 0. The molecule has 1 heterocycles. The number of benzene rings is 1. The number of primary amides is 1. The van der Waals surface area contributed by atoms with Crippen LogP contribution in [0.15, 0.2) is 30.3 Å². The van der Waals surface area contributed by atoms with E-state index in [1.54, 1.807) is 0 Å². The number of amides is 2. The van der Waals surface area contributed by atoms with Gasteiger partial charge in [0.2, 0.25) is 11.8 Å². The molecule has 1 aromatic rings. The second-order valence-corrected chi connectivity index (χ2v) is 4.59. The van der Waals surface area contributed by atoms with E-state index in [9.17, 15) is 14.4 Å². The third kappa shape index (κ3) is 2.99. The summed E-state index contributed by atoms with van der Waals surface area (Å²) in [5.74, 6) is -1.20. The Morgan fingerprint density at radius 1 is 1.26 bits per heavy atom. The third-order valence-electron chi connectivity index (χ3n) is 3.28. The molecule has 0 aliphatic carbocycles. The third-order valence-corrected chi connectivity index (χ3v) is 3.28. The number of aryl methyl sites for hydroxylation is 1. The molecule has 0 saturated carbocycles. The van der Waals surface area contributed by atoms with Crippen molar-refractivity contribution in [2.75, 3.05) is 6.54 Å². The van der Waals surface area contributed by atoms with Crippen molar-refractivity contribution in [3.05, 3.63) is 35.9 Å². The van der Waals surface area contributed by atoms with Crippen LogP contribution < -0.4 is 5.73 Å². The zero-order chi connectivity index (χ0) is 13.8. The van der Waals surface area contributed by atoms with Gasteiger partial charge in [0.1, 0.15) is 0 Å². The number of carbonyl (C=O) groups excluding carboxylic acids is 3. The average Bonchev–Trinajstić information content (AvgIpc) is 2.79. The van der Waals surface area contributed by atoms with Gasteiger partial charge in [0.25, 0.3) is 0 Å². The van der Waals surface area contributed by atoms with Gasteiger partial charge in [-0.2, -0.15) is 0 Å². The van der Waals surface area contributed by atoms with Gasteiger partial charge in [-0.05, 0) is 12.0 Å². The summed E-state index contributed by atoms with van der Waals surface area (Å²) in [4.78, 5) is 36.1. The van der Waals surface area contributed by atoms with E-state index in [0.717, 1.165) is 5.56 Å². The first-order valence-corrected chi connectivity index (χ1v) is 6.25. The van der Waals surface area contributed by atoms with Crippen molar-refractivity contribution < 1.29 is 14.4 Å². The Morgan fingerprint density at radius 3 is 2.58 bits per heavy atom. The second kappa shape index (κ2) is 5.65. The van der Waals surface area contributed by atoms with E-state index in [1.807, 2.05) is 30.3 Å². The highest BCUT2D eigenvalue weighted by Crippen LogP contribution is 2.16. The molecule has 5 heteroatoms. The molecule has 0 spiro atoms. The zero-order valence-corrected chi connectivity index (χ0v) is 10.5. The van der Waals surface area contributed by atoms with Gasteiger partial charge in [-0.1, -0.05) is 30.3 Å². The predicted molar refractivity (Wildman–Crippen MR) is 69.1 cm³/mol. The van der Waals surface area contributed by atoms with Crippen LogP contribution in [0.4, 0.5) is 0 Å². The lowest BCUT2D eigenvalue weighted by Gasteiger charge is -2.20. The molecule has 1 saturated heterocycles. The van der Waals surface area contributed by atoms with Gasteiger partial charge in [-0.25, -0.2) is 0 Å². The van der Waals surface area contributed by atoms with Gasteiger partial charge >= 0.3 is 0 Å². The lowest BCUT2D eigenvalue weighted by atomic mass is 10.1. The van der Waals surface area contributed by atoms with E-state index >= 15 is 0 Å². The van der Waals surface area contributed by atoms with Crippen LogP contribution >= 0.6 is 0 Å². The molecule has 1 fully saturated rings. The molecule has 1 aliphatic heterocycles. The number of carbonyl (C=O) groups is 3. The van der Waals surface area contributed by atoms with Crippen LogP contribution in [-0.2, 0) is 20.8 Å². The number of nitrogens with zero attached hydrogens (tertiary/aromatic N) is 1. The summed E-state index contributed by atoms with van der Waals surface area (Å²) in [5.41, 5.74) is 6.22. The van der Waals surface area contributed by atoms with Gasteiger partial charge < -0.3 is 10.6 Å². The highest BCUT2D eigenvalue weighted by atomic mass is 16.2. The van der Waals surface area contributed by atoms with Crippen LogP contribution in [0.2, 0.25) is 0 Å². The van der Waals surface area contributed by atoms with Crippen molar-refractivity contribution in [3.8, 4) is 0 Å². The minimum absolute atomic E-state index is 0.196. The monoisotopic (exact) mass is 260 g/mol. The number of rotatable bonds is 4. The lowest BCUT2D eigenvalue weighted by molar-refractivity contribution is -0.140. The molecular weight excluding hydrogens is 244 g/mol. The van der Waals surface area contributed by atoms with E-state index in [1.165, 1.54) is 4.90 Å². The first-order chi connectivity index (χ1) is 9.09. The SMILES string of the molecule is NC(=O)C1C(=O)CCN1C(=O)CCc1ccccc1. The van der Waals surface area contributed by atoms with Crippen molar-refractivity contribution in [3.63, 3.8) is 0 Å². The van der Waals surface area contributed by atoms with E-state index in [0.29, 0.717) is 13.0 Å². The molecule has 1 unspecified atom stereocenters. The molecule has 1 aromatic carbocycles. The van der Waals surface area contributed by atoms with Crippen LogP contribution in [0.1, 0.15) is 18.4 Å². The van der Waals surface area contributed by atoms with Crippen molar-refractivity contribution in [2.45, 2.75) is 25.3 Å². The Morgan fingerprint density at radius 2 is 1.95 bits per heavy atom. The minimum Gasteiger partial charge on any atom is -0.367 e. The molecular formula is C14H16N2O3. The number of hydrogen-bond donors (Lipinski definition) is 1. The molecule has 1 aliphatic rings.